The number of nitrogens with zero attached hydrogens (tertiary/aromatic N) is 1. The predicted octanol–water partition coefficient (Wildman–Crippen LogP) is 20.8. The van der Waals surface area contributed by atoms with Crippen LogP contribution in [0.25, 0.3) is 44.5 Å². The molecule has 3 heteroatoms. The highest BCUT2D eigenvalue weighted by molar-refractivity contribution is 7.99. The molecule has 13 aromatic carbocycles. The summed E-state index contributed by atoms with van der Waals surface area (Å²) >= 11 is 3.78. The molecule has 0 saturated carbocycles. The molecule has 3 aliphatic carbocycles. The number of anilines is 3. The van der Waals surface area contributed by atoms with Gasteiger partial charge in [-0.05, 0) is 178 Å². The van der Waals surface area contributed by atoms with Gasteiger partial charge in [0.25, 0.3) is 0 Å². The van der Waals surface area contributed by atoms with Gasteiger partial charge in [0.05, 0.1) is 16.2 Å². The van der Waals surface area contributed by atoms with Crippen LogP contribution in [0.15, 0.2) is 329 Å². The molecule has 0 fully saturated rings. The maximum absolute atomic E-state index is 2.53. The fourth-order valence-electron chi connectivity index (χ4n) is 15.8. The van der Waals surface area contributed by atoms with E-state index in [1.807, 2.05) is 23.5 Å². The minimum absolute atomic E-state index is 0.475. The van der Waals surface area contributed by atoms with Crippen LogP contribution >= 0.6 is 23.5 Å². The second-order valence-corrected chi connectivity index (χ2v) is 25.1. The third-order valence-corrected chi connectivity index (χ3v) is 21.4. The zero-order valence-corrected chi connectivity index (χ0v) is 47.3. The largest absolute Gasteiger partial charge is 0.310 e. The Hall–Kier alpha value is -9.64. The molecule has 0 unspecified atom stereocenters. The molecule has 2 aliphatic heterocycles. The number of fused-ring (bicyclic) bond motifs is 21. The fourth-order valence-corrected chi connectivity index (χ4v) is 18.2. The van der Waals surface area contributed by atoms with Crippen LogP contribution in [-0.4, -0.2) is 0 Å². The van der Waals surface area contributed by atoms with Crippen LogP contribution in [-0.2, 0) is 16.2 Å². The lowest BCUT2D eigenvalue weighted by Gasteiger charge is -2.40. The Bertz CT molecular complexity index is 4730. The first-order valence-electron chi connectivity index (χ1n) is 29.1. The van der Waals surface area contributed by atoms with Crippen molar-refractivity contribution >= 4 is 40.6 Å². The van der Waals surface area contributed by atoms with E-state index >= 15 is 0 Å². The topological polar surface area (TPSA) is 3.24 Å². The Labute approximate surface area is 498 Å². The molecule has 0 N–H and O–H groups in total. The molecule has 0 bridgehead atoms. The first-order chi connectivity index (χ1) is 41.6. The Morgan fingerprint density at radius 2 is 0.536 bits per heavy atom. The van der Waals surface area contributed by atoms with E-state index in [0.717, 1.165) is 17.1 Å². The number of rotatable bonds is 6. The van der Waals surface area contributed by atoms with Crippen LogP contribution in [0.2, 0.25) is 0 Å². The van der Waals surface area contributed by atoms with E-state index < -0.39 is 16.2 Å². The molecule has 84 heavy (non-hydrogen) atoms. The van der Waals surface area contributed by atoms with Gasteiger partial charge in [0, 0.05) is 36.6 Å². The molecule has 13 aromatic rings. The van der Waals surface area contributed by atoms with Crippen LogP contribution in [0, 0.1) is 0 Å². The lowest BCUT2D eigenvalue weighted by Crippen LogP contribution is -2.32. The van der Waals surface area contributed by atoms with Gasteiger partial charge in [-0.25, -0.2) is 0 Å². The van der Waals surface area contributed by atoms with Crippen molar-refractivity contribution in [3.05, 3.63) is 376 Å². The van der Waals surface area contributed by atoms with E-state index in [-0.39, 0.29) is 0 Å². The van der Waals surface area contributed by atoms with Crippen molar-refractivity contribution in [3.8, 4) is 44.5 Å². The minimum atomic E-state index is -0.527. The normalized spacial score (nSPS) is 14.9. The summed E-state index contributed by atoms with van der Waals surface area (Å²) in [6.45, 7) is 0. The van der Waals surface area contributed by atoms with Gasteiger partial charge >= 0.3 is 0 Å². The Kier molecular flexibility index (Phi) is 10.4. The van der Waals surface area contributed by atoms with E-state index in [1.54, 1.807) is 0 Å². The van der Waals surface area contributed by atoms with E-state index in [1.165, 1.54) is 131 Å². The van der Waals surface area contributed by atoms with E-state index in [4.69, 9.17) is 0 Å². The molecule has 392 valence electrons. The summed E-state index contributed by atoms with van der Waals surface area (Å²) in [7, 11) is 0. The van der Waals surface area contributed by atoms with E-state index in [0.29, 0.717) is 0 Å². The third kappa shape index (κ3) is 6.38. The molecule has 1 nitrogen and oxygen atoms in total. The maximum Gasteiger partial charge on any atom is 0.0736 e. The minimum Gasteiger partial charge on any atom is -0.310 e. The van der Waals surface area contributed by atoms with Crippen LogP contribution in [0.4, 0.5) is 17.1 Å². The highest BCUT2D eigenvalue weighted by Crippen LogP contribution is 2.65. The van der Waals surface area contributed by atoms with E-state index in [2.05, 4.69) is 314 Å². The molecular weight excluding hydrogens is 1050 g/mol. The molecule has 5 aliphatic rings. The van der Waals surface area contributed by atoms with Crippen molar-refractivity contribution in [1.82, 2.24) is 0 Å². The second kappa shape index (κ2) is 18.2. The Balaban J connectivity index is 0.851. The summed E-state index contributed by atoms with van der Waals surface area (Å²) < 4.78 is 0. The van der Waals surface area contributed by atoms with Crippen LogP contribution in [0.1, 0.15) is 66.8 Å². The lowest BCUT2D eigenvalue weighted by molar-refractivity contribution is 0.722. The molecular formula is C81H51NS2. The van der Waals surface area contributed by atoms with Gasteiger partial charge in [0.2, 0.25) is 0 Å². The zero-order valence-electron chi connectivity index (χ0n) is 45.7. The third-order valence-electron chi connectivity index (χ3n) is 19.1. The van der Waals surface area contributed by atoms with Gasteiger partial charge in [-0.3, -0.25) is 0 Å². The monoisotopic (exact) mass is 1100 g/mol. The van der Waals surface area contributed by atoms with Crippen molar-refractivity contribution in [3.63, 3.8) is 0 Å². The summed E-state index contributed by atoms with van der Waals surface area (Å²) in [4.78, 5) is 7.74. The van der Waals surface area contributed by atoms with Crippen LogP contribution < -0.4 is 4.90 Å². The van der Waals surface area contributed by atoms with Gasteiger partial charge in [-0.2, -0.15) is 0 Å². The standard InChI is InChI=1S/C81H51NS2/c1-3-21-54(22-4-1)79(55-23-5-2-6-24-55)65-28-10-7-25-59(65)62-46-41-53(49-73(62)79)52-39-42-56(43-40-52)82(57-45-48-68-64(50-57)61-27-9-12-30-67(61)80(68)69-31-13-17-35-75(69)83-76-36-18-14-32-70(76)80)58-44-47-63-60-26-8-11-29-66(60)81(74(63)51-58)71-33-15-19-37-77(71)84-78-38-20-16-34-72(78)81/h1-51H. The smallest absolute Gasteiger partial charge is 0.0736 e. The molecule has 18 rings (SSSR count). The van der Waals surface area contributed by atoms with Crippen molar-refractivity contribution in [2.45, 2.75) is 35.8 Å². The second-order valence-electron chi connectivity index (χ2n) is 22.9. The number of benzene rings is 13. The lowest BCUT2D eigenvalue weighted by atomic mass is 9.67. The zero-order chi connectivity index (χ0) is 55.1. The average Bonchev–Trinajstić information content (AvgIpc) is 1.55. The molecule has 0 amide bonds. The molecule has 2 heterocycles. The first-order valence-corrected chi connectivity index (χ1v) is 30.8. The first kappa shape index (κ1) is 47.9. The molecule has 0 saturated heterocycles. The fraction of sp³-hybridized carbons (Fsp3) is 0.0370. The quantitative estimate of drug-likeness (QED) is 0.163. The molecule has 0 aromatic heterocycles. The Morgan fingerprint density at radius 3 is 1.05 bits per heavy atom. The highest BCUT2D eigenvalue weighted by atomic mass is 32.2. The number of hydrogen-bond donors (Lipinski definition) is 0. The summed E-state index contributed by atoms with van der Waals surface area (Å²) in [6, 6.07) is 117. The van der Waals surface area contributed by atoms with Crippen LogP contribution in [0.3, 0.4) is 0 Å². The average molecular weight is 1100 g/mol. The predicted molar refractivity (Wildman–Crippen MR) is 347 cm³/mol. The molecule has 0 radical (unpaired) electrons. The van der Waals surface area contributed by atoms with Crippen molar-refractivity contribution in [2.24, 2.45) is 0 Å². The maximum atomic E-state index is 2.53. The van der Waals surface area contributed by atoms with Gasteiger partial charge in [-0.15, -0.1) is 0 Å². The highest BCUT2D eigenvalue weighted by Gasteiger charge is 2.53. The van der Waals surface area contributed by atoms with Crippen LogP contribution in [0.5, 0.6) is 0 Å². The summed E-state index contributed by atoms with van der Waals surface area (Å²) in [5, 5.41) is 0. The summed E-state index contributed by atoms with van der Waals surface area (Å²) in [6.07, 6.45) is 0. The van der Waals surface area contributed by atoms with Crippen molar-refractivity contribution < 1.29 is 0 Å². The molecule has 0 atom stereocenters. The molecule has 2 spiro atoms. The van der Waals surface area contributed by atoms with Gasteiger partial charge in [0.1, 0.15) is 0 Å². The van der Waals surface area contributed by atoms with Gasteiger partial charge in [-0.1, -0.05) is 266 Å². The SMILES string of the molecule is c1ccc(C2(c3ccccc3)c3ccccc3-c3ccc(-c4ccc(N(c5ccc6c(c5)-c5ccccc5C65c6ccccc6Sc6ccccc65)c5ccc6c(c5)C5(c7ccccc7Sc7ccccc75)c5ccccc5-6)cc4)cc32)cc1. The van der Waals surface area contributed by atoms with Crippen molar-refractivity contribution in [1.29, 1.82) is 0 Å². The van der Waals surface area contributed by atoms with Gasteiger partial charge in [0.15, 0.2) is 0 Å². The van der Waals surface area contributed by atoms with E-state index in [9.17, 15) is 0 Å². The van der Waals surface area contributed by atoms with Gasteiger partial charge < -0.3 is 4.90 Å². The number of hydrogen-bond acceptors (Lipinski definition) is 3. The summed E-state index contributed by atoms with van der Waals surface area (Å²) in [5.41, 5.74) is 27.6. The van der Waals surface area contributed by atoms with Crippen molar-refractivity contribution in [2.75, 3.05) is 4.90 Å². The summed E-state index contributed by atoms with van der Waals surface area (Å²) in [5.74, 6) is 0. The Morgan fingerprint density at radius 1 is 0.202 bits per heavy atom.